The summed E-state index contributed by atoms with van der Waals surface area (Å²) < 4.78 is 13.6. The van der Waals surface area contributed by atoms with Crippen LogP contribution in [-0.2, 0) is 11.2 Å². The molecular formula is C22H23FN4O. The minimum atomic E-state index is -0.251. The van der Waals surface area contributed by atoms with Crippen molar-refractivity contribution in [3.8, 4) is 11.1 Å². The number of nitrogens with zero attached hydrogens (tertiary/aromatic N) is 3. The van der Waals surface area contributed by atoms with Gasteiger partial charge in [-0.25, -0.2) is 4.39 Å². The zero-order valence-corrected chi connectivity index (χ0v) is 15.6. The van der Waals surface area contributed by atoms with E-state index in [1.807, 2.05) is 29.3 Å². The van der Waals surface area contributed by atoms with Crippen LogP contribution in [-0.4, -0.2) is 39.1 Å². The molecule has 1 amide bonds. The van der Waals surface area contributed by atoms with Crippen molar-refractivity contribution in [3.05, 3.63) is 72.1 Å². The molecule has 28 heavy (non-hydrogen) atoms. The van der Waals surface area contributed by atoms with Gasteiger partial charge >= 0.3 is 0 Å². The molecule has 1 aromatic carbocycles. The number of hydrogen-bond donors (Lipinski definition) is 1. The van der Waals surface area contributed by atoms with Gasteiger partial charge in [0.1, 0.15) is 5.82 Å². The summed E-state index contributed by atoms with van der Waals surface area (Å²) in [5, 5.41) is 7.29. The van der Waals surface area contributed by atoms with E-state index in [1.165, 1.54) is 12.1 Å². The molecule has 1 aliphatic rings. The van der Waals surface area contributed by atoms with E-state index in [0.717, 1.165) is 54.7 Å². The zero-order chi connectivity index (χ0) is 19.3. The summed E-state index contributed by atoms with van der Waals surface area (Å²) in [5.74, 6) is 0.235. The van der Waals surface area contributed by atoms with Gasteiger partial charge in [-0.05, 0) is 48.6 Å². The SMILES string of the molecule is O=C(CCc1cccnc1)N1CCC(c2[nH]ncc2-c2cccc(F)c2)CC1. The summed E-state index contributed by atoms with van der Waals surface area (Å²) in [5.41, 5.74) is 3.90. The number of hydrogen-bond acceptors (Lipinski definition) is 3. The third-order valence-electron chi connectivity index (χ3n) is 5.41. The Bertz CT molecular complexity index is 932. The second-order valence-corrected chi connectivity index (χ2v) is 7.22. The van der Waals surface area contributed by atoms with Crippen LogP contribution in [0.5, 0.6) is 0 Å². The van der Waals surface area contributed by atoms with E-state index in [9.17, 15) is 9.18 Å². The smallest absolute Gasteiger partial charge is 0.222 e. The molecule has 0 unspecified atom stereocenters. The van der Waals surface area contributed by atoms with Crippen LogP contribution in [0.25, 0.3) is 11.1 Å². The van der Waals surface area contributed by atoms with E-state index in [4.69, 9.17) is 0 Å². The first-order chi connectivity index (χ1) is 13.7. The first-order valence-corrected chi connectivity index (χ1v) is 9.66. The number of carbonyl (C=O) groups is 1. The number of halogens is 1. The van der Waals surface area contributed by atoms with E-state index >= 15 is 0 Å². The Balaban J connectivity index is 1.36. The molecule has 0 atom stereocenters. The van der Waals surface area contributed by atoms with Crippen LogP contribution in [0.15, 0.2) is 55.0 Å². The van der Waals surface area contributed by atoms with Gasteiger partial charge in [0.05, 0.1) is 6.20 Å². The van der Waals surface area contributed by atoms with Crippen LogP contribution in [0.3, 0.4) is 0 Å². The number of nitrogens with one attached hydrogen (secondary N) is 1. The van der Waals surface area contributed by atoms with Gasteiger partial charge in [-0.15, -0.1) is 0 Å². The van der Waals surface area contributed by atoms with Crippen LogP contribution in [0, 0.1) is 5.82 Å². The number of pyridine rings is 1. The van der Waals surface area contributed by atoms with Gasteiger partial charge in [-0.1, -0.05) is 18.2 Å². The molecule has 0 aliphatic carbocycles. The lowest BCUT2D eigenvalue weighted by Gasteiger charge is -2.32. The highest BCUT2D eigenvalue weighted by Crippen LogP contribution is 2.34. The molecule has 144 valence electrons. The Hall–Kier alpha value is -3.02. The van der Waals surface area contributed by atoms with Gasteiger partial charge in [0, 0.05) is 49.1 Å². The average Bonchev–Trinajstić information content (AvgIpc) is 3.23. The van der Waals surface area contributed by atoms with E-state index in [0.29, 0.717) is 12.3 Å². The fourth-order valence-corrected chi connectivity index (χ4v) is 3.87. The molecule has 0 saturated carbocycles. The van der Waals surface area contributed by atoms with E-state index < -0.39 is 0 Å². The quantitative estimate of drug-likeness (QED) is 0.731. The monoisotopic (exact) mass is 378 g/mol. The van der Waals surface area contributed by atoms with Crippen molar-refractivity contribution in [3.63, 3.8) is 0 Å². The van der Waals surface area contributed by atoms with Crippen molar-refractivity contribution in [2.45, 2.75) is 31.6 Å². The fraction of sp³-hybridized carbons (Fsp3) is 0.318. The van der Waals surface area contributed by atoms with Crippen molar-refractivity contribution in [2.75, 3.05) is 13.1 Å². The predicted octanol–water partition coefficient (Wildman–Crippen LogP) is 3.95. The predicted molar refractivity (Wildman–Crippen MR) is 105 cm³/mol. The molecule has 1 N–H and O–H groups in total. The maximum atomic E-state index is 13.6. The first-order valence-electron chi connectivity index (χ1n) is 9.66. The Kier molecular flexibility index (Phi) is 5.46. The zero-order valence-electron chi connectivity index (χ0n) is 15.6. The van der Waals surface area contributed by atoms with Gasteiger partial charge in [-0.2, -0.15) is 5.10 Å². The van der Waals surface area contributed by atoms with E-state index in [1.54, 1.807) is 18.5 Å². The van der Waals surface area contributed by atoms with Gasteiger partial charge in [0.2, 0.25) is 5.91 Å². The lowest BCUT2D eigenvalue weighted by atomic mass is 9.89. The number of carbonyl (C=O) groups excluding carboxylic acids is 1. The topological polar surface area (TPSA) is 61.9 Å². The largest absolute Gasteiger partial charge is 0.343 e. The summed E-state index contributed by atoms with van der Waals surface area (Å²) in [6.07, 6.45) is 8.29. The minimum Gasteiger partial charge on any atom is -0.343 e. The standard InChI is InChI=1S/C22H23FN4O/c23-19-5-1-4-18(13-19)20-15-25-26-22(20)17-8-11-27(12-9-17)21(28)7-6-16-3-2-10-24-14-16/h1-5,10,13-15,17H,6-9,11-12H2,(H,25,26). The molecule has 5 nitrogen and oxygen atoms in total. The summed E-state index contributed by atoms with van der Waals surface area (Å²) in [6, 6.07) is 10.5. The molecular weight excluding hydrogens is 355 g/mol. The Morgan fingerprint density at radius 2 is 2.04 bits per heavy atom. The molecule has 6 heteroatoms. The molecule has 2 aromatic heterocycles. The highest BCUT2D eigenvalue weighted by Gasteiger charge is 2.26. The number of aromatic nitrogens is 3. The second kappa shape index (κ2) is 8.33. The number of aryl methyl sites for hydroxylation is 1. The summed E-state index contributed by atoms with van der Waals surface area (Å²) in [7, 11) is 0. The molecule has 0 spiro atoms. The summed E-state index contributed by atoms with van der Waals surface area (Å²) in [6.45, 7) is 1.47. The van der Waals surface area contributed by atoms with Crippen molar-refractivity contribution in [2.24, 2.45) is 0 Å². The maximum absolute atomic E-state index is 13.6. The number of amides is 1. The molecule has 0 radical (unpaired) electrons. The lowest BCUT2D eigenvalue weighted by molar-refractivity contribution is -0.132. The summed E-state index contributed by atoms with van der Waals surface area (Å²) in [4.78, 5) is 18.6. The average molecular weight is 378 g/mol. The minimum absolute atomic E-state index is 0.192. The van der Waals surface area contributed by atoms with Crippen LogP contribution >= 0.6 is 0 Å². The number of benzene rings is 1. The molecule has 1 fully saturated rings. The lowest BCUT2D eigenvalue weighted by Crippen LogP contribution is -2.38. The highest BCUT2D eigenvalue weighted by molar-refractivity contribution is 5.76. The van der Waals surface area contributed by atoms with Gasteiger partial charge in [0.25, 0.3) is 0 Å². The van der Waals surface area contributed by atoms with Crippen molar-refractivity contribution < 1.29 is 9.18 Å². The number of aromatic amines is 1. The van der Waals surface area contributed by atoms with Crippen LogP contribution in [0.1, 0.15) is 36.4 Å². The second-order valence-electron chi connectivity index (χ2n) is 7.22. The number of H-pyrrole nitrogens is 1. The van der Waals surface area contributed by atoms with Crippen LogP contribution < -0.4 is 0 Å². The highest BCUT2D eigenvalue weighted by atomic mass is 19.1. The molecule has 1 saturated heterocycles. The van der Waals surface area contributed by atoms with E-state index in [2.05, 4.69) is 15.2 Å². The van der Waals surface area contributed by atoms with Crippen molar-refractivity contribution in [1.82, 2.24) is 20.1 Å². The third kappa shape index (κ3) is 4.11. The van der Waals surface area contributed by atoms with Crippen LogP contribution in [0.4, 0.5) is 4.39 Å². The van der Waals surface area contributed by atoms with E-state index in [-0.39, 0.29) is 11.7 Å². The number of piperidine rings is 1. The van der Waals surface area contributed by atoms with Gasteiger partial charge in [0.15, 0.2) is 0 Å². The normalized spacial score (nSPS) is 15.0. The van der Waals surface area contributed by atoms with Gasteiger partial charge in [-0.3, -0.25) is 14.9 Å². The summed E-state index contributed by atoms with van der Waals surface area (Å²) >= 11 is 0. The molecule has 0 bridgehead atoms. The number of likely N-dealkylation sites (tertiary alicyclic amines) is 1. The molecule has 4 rings (SSSR count). The Morgan fingerprint density at radius 1 is 1.18 bits per heavy atom. The van der Waals surface area contributed by atoms with Crippen LogP contribution in [0.2, 0.25) is 0 Å². The maximum Gasteiger partial charge on any atom is 0.222 e. The molecule has 3 heterocycles. The first kappa shape index (κ1) is 18.3. The van der Waals surface area contributed by atoms with Gasteiger partial charge < -0.3 is 4.90 Å². The molecule has 3 aromatic rings. The van der Waals surface area contributed by atoms with Crippen molar-refractivity contribution >= 4 is 5.91 Å². The fourth-order valence-electron chi connectivity index (χ4n) is 3.87. The Morgan fingerprint density at radius 3 is 2.79 bits per heavy atom. The van der Waals surface area contributed by atoms with Crippen molar-refractivity contribution in [1.29, 1.82) is 0 Å². The number of rotatable bonds is 5. The Labute approximate surface area is 163 Å². The third-order valence-corrected chi connectivity index (χ3v) is 5.41. The molecule has 1 aliphatic heterocycles.